The number of nitrogens with zero attached hydrogens (tertiary/aromatic N) is 1. The normalized spacial score (nSPS) is 14.0. The Hall–Kier alpha value is -1.85. The first-order valence-corrected chi connectivity index (χ1v) is 5.84. The Kier molecular flexibility index (Phi) is 4.47. The molecule has 0 aromatic carbocycles. The number of aromatic nitrogens is 1. The number of carboxylic acids is 1. The Morgan fingerprint density at radius 1 is 1.44 bits per heavy atom. The van der Waals surface area contributed by atoms with Crippen molar-refractivity contribution < 1.29 is 19.1 Å². The van der Waals surface area contributed by atoms with Gasteiger partial charge in [0.2, 0.25) is 5.76 Å². The highest BCUT2D eigenvalue weighted by Crippen LogP contribution is 2.12. The van der Waals surface area contributed by atoms with E-state index in [1.54, 1.807) is 20.8 Å². The highest BCUT2D eigenvalue weighted by molar-refractivity contribution is 5.95. The smallest absolute Gasteiger partial charge is 0.326 e. The van der Waals surface area contributed by atoms with Gasteiger partial charge in [0, 0.05) is 6.92 Å². The van der Waals surface area contributed by atoms with Crippen molar-refractivity contribution in [2.75, 3.05) is 0 Å². The van der Waals surface area contributed by atoms with E-state index in [1.807, 2.05) is 6.92 Å². The van der Waals surface area contributed by atoms with Gasteiger partial charge in [-0.15, -0.1) is 0 Å². The fourth-order valence-corrected chi connectivity index (χ4v) is 1.63. The van der Waals surface area contributed by atoms with Crippen LogP contribution in [0.15, 0.2) is 4.42 Å². The van der Waals surface area contributed by atoms with E-state index >= 15 is 0 Å². The van der Waals surface area contributed by atoms with E-state index in [4.69, 9.17) is 9.52 Å². The molecule has 2 atom stereocenters. The molecule has 0 fully saturated rings. The molecule has 0 bridgehead atoms. The molecule has 1 aromatic rings. The van der Waals surface area contributed by atoms with Crippen LogP contribution in [0.4, 0.5) is 0 Å². The second-order valence-corrected chi connectivity index (χ2v) is 4.32. The van der Waals surface area contributed by atoms with Crippen LogP contribution in [0.25, 0.3) is 0 Å². The number of aryl methyl sites for hydroxylation is 2. The first-order valence-electron chi connectivity index (χ1n) is 5.84. The van der Waals surface area contributed by atoms with Gasteiger partial charge in [-0.1, -0.05) is 20.3 Å². The van der Waals surface area contributed by atoms with Crippen LogP contribution in [-0.4, -0.2) is 28.0 Å². The summed E-state index contributed by atoms with van der Waals surface area (Å²) < 4.78 is 5.15. The molecule has 100 valence electrons. The maximum absolute atomic E-state index is 11.9. The summed E-state index contributed by atoms with van der Waals surface area (Å²) in [6.07, 6.45) is 0.658. The molecule has 0 aliphatic carbocycles. The monoisotopic (exact) mass is 254 g/mol. The first kappa shape index (κ1) is 14.2. The van der Waals surface area contributed by atoms with Gasteiger partial charge in [0.15, 0.2) is 5.89 Å². The van der Waals surface area contributed by atoms with Gasteiger partial charge in [-0.2, -0.15) is 0 Å². The summed E-state index contributed by atoms with van der Waals surface area (Å²) in [5, 5.41) is 11.5. The molecule has 1 amide bonds. The van der Waals surface area contributed by atoms with E-state index in [0.29, 0.717) is 18.0 Å². The number of amides is 1. The number of carbonyl (C=O) groups excluding carboxylic acids is 1. The van der Waals surface area contributed by atoms with Crippen LogP contribution >= 0.6 is 0 Å². The number of rotatable bonds is 5. The summed E-state index contributed by atoms with van der Waals surface area (Å²) in [6, 6.07) is -0.924. The van der Waals surface area contributed by atoms with E-state index in [1.165, 1.54) is 0 Å². The zero-order valence-electron chi connectivity index (χ0n) is 11.0. The molecule has 0 unspecified atom stereocenters. The van der Waals surface area contributed by atoms with Crippen molar-refractivity contribution in [1.82, 2.24) is 10.3 Å². The molecule has 0 radical (unpaired) electrons. The number of hydrogen-bond donors (Lipinski definition) is 2. The molecule has 0 aliphatic heterocycles. The number of nitrogens with one attached hydrogen (secondary N) is 1. The Morgan fingerprint density at radius 3 is 2.44 bits per heavy atom. The summed E-state index contributed by atoms with van der Waals surface area (Å²) in [5.74, 6) is -1.29. The largest absolute Gasteiger partial charge is 0.480 e. The van der Waals surface area contributed by atoms with Crippen LogP contribution in [0, 0.1) is 19.8 Å². The number of carbonyl (C=O) groups is 2. The molecule has 0 saturated carbocycles. The number of aliphatic carboxylic acids is 1. The Labute approximate surface area is 105 Å². The van der Waals surface area contributed by atoms with E-state index in [9.17, 15) is 9.59 Å². The van der Waals surface area contributed by atoms with Crippen LogP contribution in [-0.2, 0) is 4.79 Å². The zero-order valence-corrected chi connectivity index (χ0v) is 11.0. The molecule has 0 saturated heterocycles. The molecular formula is C12H18N2O4. The van der Waals surface area contributed by atoms with Crippen molar-refractivity contribution in [3.05, 3.63) is 17.3 Å². The summed E-state index contributed by atoms with van der Waals surface area (Å²) in [6.45, 7) is 6.92. The quantitative estimate of drug-likeness (QED) is 0.831. The van der Waals surface area contributed by atoms with Crippen molar-refractivity contribution in [2.45, 2.75) is 40.2 Å². The number of carboxylic acid groups (broad SMARTS) is 1. The van der Waals surface area contributed by atoms with Gasteiger partial charge in [-0.05, 0) is 12.8 Å². The molecular weight excluding hydrogens is 236 g/mol. The van der Waals surface area contributed by atoms with Gasteiger partial charge in [0.1, 0.15) is 6.04 Å². The van der Waals surface area contributed by atoms with Crippen LogP contribution < -0.4 is 5.32 Å². The lowest BCUT2D eigenvalue weighted by molar-refractivity contribution is -0.140. The molecule has 1 heterocycles. The third-order valence-corrected chi connectivity index (χ3v) is 2.88. The third-order valence-electron chi connectivity index (χ3n) is 2.88. The molecule has 0 aliphatic rings. The van der Waals surface area contributed by atoms with Crippen molar-refractivity contribution in [1.29, 1.82) is 0 Å². The molecule has 6 heteroatoms. The van der Waals surface area contributed by atoms with Crippen molar-refractivity contribution in [2.24, 2.45) is 5.92 Å². The summed E-state index contributed by atoms with van der Waals surface area (Å²) in [4.78, 5) is 27.0. The van der Waals surface area contributed by atoms with Crippen LogP contribution in [0.5, 0.6) is 0 Å². The van der Waals surface area contributed by atoms with Gasteiger partial charge in [0.25, 0.3) is 5.91 Å². The van der Waals surface area contributed by atoms with E-state index in [2.05, 4.69) is 10.3 Å². The lowest BCUT2D eigenvalue weighted by atomic mass is 9.99. The van der Waals surface area contributed by atoms with Crippen molar-refractivity contribution >= 4 is 11.9 Å². The highest BCUT2D eigenvalue weighted by Gasteiger charge is 2.27. The van der Waals surface area contributed by atoms with E-state index in [0.717, 1.165) is 0 Å². The molecule has 0 spiro atoms. The second kappa shape index (κ2) is 5.66. The molecule has 2 N–H and O–H groups in total. The fraction of sp³-hybridized carbons (Fsp3) is 0.583. The van der Waals surface area contributed by atoms with Crippen LogP contribution in [0.2, 0.25) is 0 Å². The van der Waals surface area contributed by atoms with Gasteiger partial charge < -0.3 is 14.8 Å². The van der Waals surface area contributed by atoms with Gasteiger partial charge in [-0.3, -0.25) is 4.79 Å². The predicted octanol–water partition coefficient (Wildman–Crippen LogP) is 1.52. The Bertz CT molecular complexity index is 453. The fourth-order valence-electron chi connectivity index (χ4n) is 1.63. The molecule has 1 aromatic heterocycles. The zero-order chi connectivity index (χ0) is 13.9. The van der Waals surface area contributed by atoms with E-state index < -0.39 is 17.9 Å². The summed E-state index contributed by atoms with van der Waals surface area (Å²) in [7, 11) is 0. The second-order valence-electron chi connectivity index (χ2n) is 4.32. The van der Waals surface area contributed by atoms with E-state index in [-0.39, 0.29) is 11.7 Å². The van der Waals surface area contributed by atoms with Crippen LogP contribution in [0.3, 0.4) is 0 Å². The predicted molar refractivity (Wildman–Crippen MR) is 64.3 cm³/mol. The van der Waals surface area contributed by atoms with Gasteiger partial charge >= 0.3 is 5.97 Å². The molecule has 1 rings (SSSR count). The maximum Gasteiger partial charge on any atom is 0.326 e. The lowest BCUT2D eigenvalue weighted by Gasteiger charge is -2.19. The first-order chi connectivity index (χ1) is 8.36. The van der Waals surface area contributed by atoms with Crippen LogP contribution in [0.1, 0.15) is 42.4 Å². The molecule has 18 heavy (non-hydrogen) atoms. The average Bonchev–Trinajstić information content (AvgIpc) is 2.63. The van der Waals surface area contributed by atoms with Gasteiger partial charge in [0.05, 0.1) is 5.69 Å². The number of oxazole rings is 1. The Balaban J connectivity index is 2.85. The molecule has 6 nitrogen and oxygen atoms in total. The SMILES string of the molecule is CC[C@H](C)[C@H](NC(=O)c1oc(C)nc1C)C(=O)O. The number of hydrogen-bond acceptors (Lipinski definition) is 4. The maximum atomic E-state index is 11.9. The minimum atomic E-state index is -1.05. The van der Waals surface area contributed by atoms with Crippen molar-refractivity contribution in [3.63, 3.8) is 0 Å². The minimum Gasteiger partial charge on any atom is -0.480 e. The van der Waals surface area contributed by atoms with Gasteiger partial charge in [-0.25, -0.2) is 9.78 Å². The standard InChI is InChI=1S/C12H18N2O4/c1-5-6(2)9(12(16)17)14-11(15)10-7(3)13-8(4)18-10/h6,9H,5H2,1-4H3,(H,14,15)(H,16,17)/t6-,9-/m0/s1. The third kappa shape index (κ3) is 3.09. The highest BCUT2D eigenvalue weighted by atomic mass is 16.4. The summed E-state index contributed by atoms with van der Waals surface area (Å²) in [5.41, 5.74) is 0.457. The topological polar surface area (TPSA) is 92.4 Å². The lowest BCUT2D eigenvalue weighted by Crippen LogP contribution is -2.45. The minimum absolute atomic E-state index is 0.0713. The average molecular weight is 254 g/mol. The Morgan fingerprint density at radius 2 is 2.06 bits per heavy atom. The van der Waals surface area contributed by atoms with Crippen molar-refractivity contribution in [3.8, 4) is 0 Å². The summed E-state index contributed by atoms with van der Waals surface area (Å²) >= 11 is 0.